The summed E-state index contributed by atoms with van der Waals surface area (Å²) >= 11 is 0. The minimum absolute atomic E-state index is 0.0230. The van der Waals surface area contributed by atoms with Gasteiger partial charge in [-0.3, -0.25) is 4.99 Å². The number of aliphatic imine (C=N–C) groups is 1. The second-order valence-corrected chi connectivity index (χ2v) is 5.83. The first-order chi connectivity index (χ1) is 12.7. The highest BCUT2D eigenvalue weighted by Crippen LogP contribution is 2.44. The van der Waals surface area contributed by atoms with E-state index in [0.29, 0.717) is 28.7 Å². The molecule has 0 N–H and O–H groups in total. The molecule has 2 aromatic carbocycles. The molecule has 1 atom stereocenters. The molecule has 0 saturated carbocycles. The van der Waals surface area contributed by atoms with Gasteiger partial charge in [0.1, 0.15) is 0 Å². The molecule has 6 heteroatoms. The van der Waals surface area contributed by atoms with E-state index in [1.165, 1.54) is 0 Å². The summed E-state index contributed by atoms with van der Waals surface area (Å²) in [6, 6.07) is 7.82. The first kappa shape index (κ1) is 17.9. The highest BCUT2D eigenvalue weighted by Gasteiger charge is 2.25. The van der Waals surface area contributed by atoms with Gasteiger partial charge in [-0.1, -0.05) is 6.07 Å². The van der Waals surface area contributed by atoms with Crippen molar-refractivity contribution in [2.75, 3.05) is 35.5 Å². The Balaban J connectivity index is 2.01. The van der Waals surface area contributed by atoms with Crippen molar-refractivity contribution in [2.45, 2.75) is 12.5 Å². The van der Waals surface area contributed by atoms with Gasteiger partial charge in [0.15, 0.2) is 23.0 Å². The summed E-state index contributed by atoms with van der Waals surface area (Å²) < 4.78 is 27.2. The Morgan fingerprint density at radius 3 is 2.08 bits per heavy atom. The summed E-state index contributed by atoms with van der Waals surface area (Å²) in [5.74, 6) is 3.24. The Morgan fingerprint density at radius 2 is 1.46 bits per heavy atom. The van der Waals surface area contributed by atoms with E-state index in [0.717, 1.165) is 23.1 Å². The summed E-state index contributed by atoms with van der Waals surface area (Å²) in [6.07, 6.45) is 2.55. The molecule has 0 fully saturated rings. The molecule has 6 nitrogen and oxygen atoms in total. The van der Waals surface area contributed by atoms with Crippen LogP contribution in [0.1, 0.15) is 22.7 Å². The van der Waals surface area contributed by atoms with Gasteiger partial charge in [-0.2, -0.15) is 0 Å². The fourth-order valence-electron chi connectivity index (χ4n) is 3.23. The van der Waals surface area contributed by atoms with Gasteiger partial charge in [0, 0.05) is 11.8 Å². The van der Waals surface area contributed by atoms with Gasteiger partial charge < -0.3 is 23.7 Å². The minimum Gasteiger partial charge on any atom is -0.493 e. The van der Waals surface area contributed by atoms with Gasteiger partial charge >= 0.3 is 0 Å². The van der Waals surface area contributed by atoms with Crippen LogP contribution in [0.15, 0.2) is 29.3 Å². The normalized spacial score (nSPS) is 15.2. The number of nitrogens with zero attached hydrogens (tertiary/aromatic N) is 1. The quantitative estimate of drug-likeness (QED) is 0.793. The van der Waals surface area contributed by atoms with E-state index in [1.807, 2.05) is 30.5 Å². The van der Waals surface area contributed by atoms with Crippen LogP contribution in [0.3, 0.4) is 0 Å². The number of benzene rings is 2. The van der Waals surface area contributed by atoms with Crippen molar-refractivity contribution in [3.63, 3.8) is 0 Å². The molecule has 0 radical (unpaired) electrons. The third-order valence-corrected chi connectivity index (χ3v) is 4.54. The van der Waals surface area contributed by atoms with Crippen LogP contribution in [0, 0.1) is 0 Å². The van der Waals surface area contributed by atoms with E-state index in [2.05, 4.69) is 0 Å². The number of fused-ring (bicyclic) bond motifs is 1. The van der Waals surface area contributed by atoms with Crippen LogP contribution in [-0.4, -0.2) is 41.8 Å². The van der Waals surface area contributed by atoms with Crippen LogP contribution >= 0.6 is 0 Å². The van der Waals surface area contributed by atoms with E-state index in [4.69, 9.17) is 28.7 Å². The average molecular weight is 357 g/mol. The molecular weight excluding hydrogens is 334 g/mol. The third-order valence-electron chi connectivity index (χ3n) is 4.54. The monoisotopic (exact) mass is 357 g/mol. The first-order valence-corrected chi connectivity index (χ1v) is 8.23. The lowest BCUT2D eigenvalue weighted by Crippen LogP contribution is -2.11. The predicted octanol–water partition coefficient (Wildman–Crippen LogP) is 3.45. The summed E-state index contributed by atoms with van der Waals surface area (Å²) in [7, 11) is 8.08. The lowest BCUT2D eigenvalue weighted by Gasteiger charge is -2.24. The number of hydrogen-bond donors (Lipinski definition) is 0. The van der Waals surface area contributed by atoms with Crippen LogP contribution in [0.25, 0.3) is 0 Å². The van der Waals surface area contributed by atoms with E-state index < -0.39 is 0 Å². The van der Waals surface area contributed by atoms with Crippen molar-refractivity contribution >= 4 is 6.21 Å². The van der Waals surface area contributed by atoms with Crippen molar-refractivity contribution in [2.24, 2.45) is 4.99 Å². The molecule has 0 aromatic heterocycles. The smallest absolute Gasteiger partial charge is 0.203 e. The summed E-state index contributed by atoms with van der Waals surface area (Å²) in [5, 5.41) is 0. The standard InChI is InChI=1S/C20H23NO5/c1-22-16-7-6-12(9-17(16)23-2)15-8-13-10-18(24-3)20(26-5)19(25-4)14(13)11-21-15/h6-7,9-11,15H,8H2,1-5H3. The van der Waals surface area contributed by atoms with Crippen LogP contribution in [0.2, 0.25) is 0 Å². The van der Waals surface area contributed by atoms with Crippen molar-refractivity contribution in [3.8, 4) is 28.7 Å². The van der Waals surface area contributed by atoms with E-state index in [9.17, 15) is 0 Å². The molecule has 2 aromatic rings. The molecule has 3 rings (SSSR count). The Morgan fingerprint density at radius 1 is 0.769 bits per heavy atom. The maximum atomic E-state index is 5.55. The molecule has 1 heterocycles. The van der Waals surface area contributed by atoms with Gasteiger partial charge in [0.05, 0.1) is 41.6 Å². The maximum Gasteiger partial charge on any atom is 0.203 e. The van der Waals surface area contributed by atoms with Crippen molar-refractivity contribution in [1.29, 1.82) is 0 Å². The fraction of sp³-hybridized carbons (Fsp3) is 0.350. The van der Waals surface area contributed by atoms with Crippen LogP contribution in [0.4, 0.5) is 0 Å². The number of methoxy groups -OCH3 is 5. The third kappa shape index (κ3) is 3.03. The lowest BCUT2D eigenvalue weighted by atomic mass is 9.92. The van der Waals surface area contributed by atoms with E-state index >= 15 is 0 Å². The summed E-state index contributed by atoms with van der Waals surface area (Å²) in [4.78, 5) is 4.71. The topological polar surface area (TPSA) is 58.5 Å². The molecule has 138 valence electrons. The number of rotatable bonds is 6. The van der Waals surface area contributed by atoms with Gasteiger partial charge in [-0.25, -0.2) is 0 Å². The van der Waals surface area contributed by atoms with Crippen LogP contribution in [-0.2, 0) is 6.42 Å². The Kier molecular flexibility index (Phi) is 5.21. The molecule has 0 aliphatic carbocycles. The molecule has 0 spiro atoms. The summed E-state index contributed by atoms with van der Waals surface area (Å²) in [6.45, 7) is 0. The molecule has 26 heavy (non-hydrogen) atoms. The summed E-state index contributed by atoms with van der Waals surface area (Å²) in [5.41, 5.74) is 3.06. The SMILES string of the molecule is COc1ccc(C2Cc3cc(OC)c(OC)c(OC)c3C=N2)cc1OC. The largest absolute Gasteiger partial charge is 0.493 e. The van der Waals surface area contributed by atoms with E-state index in [1.54, 1.807) is 35.5 Å². The fourth-order valence-corrected chi connectivity index (χ4v) is 3.23. The molecule has 0 saturated heterocycles. The zero-order valence-electron chi connectivity index (χ0n) is 15.7. The highest BCUT2D eigenvalue weighted by molar-refractivity contribution is 5.89. The van der Waals surface area contributed by atoms with Gasteiger partial charge in [-0.05, 0) is 35.7 Å². The predicted molar refractivity (Wildman–Crippen MR) is 99.7 cm³/mol. The van der Waals surface area contributed by atoms with Gasteiger partial charge in [0.2, 0.25) is 5.75 Å². The van der Waals surface area contributed by atoms with E-state index in [-0.39, 0.29) is 6.04 Å². The average Bonchev–Trinajstić information content (AvgIpc) is 2.70. The van der Waals surface area contributed by atoms with Gasteiger partial charge in [0.25, 0.3) is 0 Å². The number of ether oxygens (including phenoxy) is 5. The van der Waals surface area contributed by atoms with Crippen molar-refractivity contribution in [1.82, 2.24) is 0 Å². The molecule has 0 bridgehead atoms. The Hall–Kier alpha value is -2.89. The van der Waals surface area contributed by atoms with Gasteiger partial charge in [-0.15, -0.1) is 0 Å². The molecule has 1 unspecified atom stereocenters. The Bertz CT molecular complexity index is 831. The Labute approximate surface area is 153 Å². The van der Waals surface area contributed by atoms with Crippen molar-refractivity contribution in [3.05, 3.63) is 41.0 Å². The van der Waals surface area contributed by atoms with Crippen LogP contribution in [0.5, 0.6) is 28.7 Å². The second-order valence-electron chi connectivity index (χ2n) is 5.83. The zero-order valence-corrected chi connectivity index (χ0v) is 15.7. The first-order valence-electron chi connectivity index (χ1n) is 8.23. The van der Waals surface area contributed by atoms with Crippen molar-refractivity contribution < 1.29 is 23.7 Å². The molecule has 0 amide bonds. The number of hydrogen-bond acceptors (Lipinski definition) is 6. The molecule has 1 aliphatic heterocycles. The molecule has 1 aliphatic rings. The molecular formula is C20H23NO5. The lowest BCUT2D eigenvalue weighted by molar-refractivity contribution is 0.323. The van der Waals surface area contributed by atoms with Crippen LogP contribution < -0.4 is 23.7 Å². The highest BCUT2D eigenvalue weighted by atomic mass is 16.5. The zero-order chi connectivity index (χ0) is 18.7. The second kappa shape index (κ2) is 7.56. The maximum absolute atomic E-state index is 5.55. The minimum atomic E-state index is -0.0230.